The lowest BCUT2D eigenvalue weighted by Gasteiger charge is -2.34. The molecule has 0 saturated carbocycles. The van der Waals surface area contributed by atoms with Crippen LogP contribution in [0.2, 0.25) is 0 Å². The molecule has 1 fully saturated rings. The Labute approximate surface area is 290 Å². The summed E-state index contributed by atoms with van der Waals surface area (Å²) in [6.45, 7) is 7.93. The molecular weight excluding hydrogens is 678 g/mol. The van der Waals surface area contributed by atoms with Gasteiger partial charge in [0.25, 0.3) is 5.69 Å². The number of rotatable bonds is 10. The second kappa shape index (κ2) is 14.4. The molecule has 1 saturated heterocycles. The highest BCUT2D eigenvalue weighted by Crippen LogP contribution is 2.40. The number of benzene rings is 2. The maximum atomic E-state index is 15.5. The summed E-state index contributed by atoms with van der Waals surface area (Å²) in [5.74, 6) is -5.36. The molecule has 0 atom stereocenters. The van der Waals surface area contributed by atoms with Gasteiger partial charge in [0.05, 0.1) is 30.7 Å². The summed E-state index contributed by atoms with van der Waals surface area (Å²) in [6.07, 6.45) is 2.31. The minimum absolute atomic E-state index is 0.0331. The Morgan fingerprint density at radius 3 is 2.26 bits per heavy atom. The molecule has 3 heterocycles. The summed E-state index contributed by atoms with van der Waals surface area (Å²) >= 11 is 1.65. The van der Waals surface area contributed by atoms with Crippen LogP contribution in [0.15, 0.2) is 40.9 Å². The maximum Gasteiger partial charge on any atom is 0.414 e. The Bertz CT molecular complexity index is 1930. The first-order valence-corrected chi connectivity index (χ1v) is 16.5. The quantitative estimate of drug-likeness (QED) is 0.0796. The summed E-state index contributed by atoms with van der Waals surface area (Å²) in [5, 5.41) is 15.2. The molecule has 5 rings (SSSR count). The number of nitrogens with zero attached hydrogens (tertiary/aromatic N) is 5. The van der Waals surface area contributed by atoms with Gasteiger partial charge in [0.1, 0.15) is 28.4 Å². The number of fused-ring (bicyclic) bond motifs is 1. The van der Waals surface area contributed by atoms with Crippen molar-refractivity contribution in [2.75, 3.05) is 68.8 Å². The number of anilines is 4. The van der Waals surface area contributed by atoms with Gasteiger partial charge in [-0.25, -0.2) is 22.9 Å². The summed E-state index contributed by atoms with van der Waals surface area (Å²) in [4.78, 5) is 46.2. The molecule has 4 aromatic rings. The maximum absolute atomic E-state index is 15.5. The van der Waals surface area contributed by atoms with Crippen molar-refractivity contribution >= 4 is 63.4 Å². The summed E-state index contributed by atoms with van der Waals surface area (Å²) in [5.41, 5.74) is -1.61. The Kier molecular flexibility index (Phi) is 10.4. The average molecular weight is 715 g/mol. The zero-order chi connectivity index (χ0) is 36.5. The fourth-order valence-electron chi connectivity index (χ4n) is 5.41. The zero-order valence-corrected chi connectivity index (χ0v) is 29.3. The normalized spacial score (nSPS) is 13.7. The van der Waals surface area contributed by atoms with E-state index in [-0.39, 0.29) is 33.8 Å². The molecular formula is C33H36F2N6O8S. The molecule has 1 amide bonds. The summed E-state index contributed by atoms with van der Waals surface area (Å²) < 4.78 is 54.5. The number of methoxy groups -OCH3 is 2. The number of piperazine rings is 1. The Morgan fingerprint density at radius 1 is 1.06 bits per heavy atom. The van der Waals surface area contributed by atoms with Crippen molar-refractivity contribution in [2.45, 2.75) is 26.4 Å². The van der Waals surface area contributed by atoms with E-state index in [1.807, 2.05) is 6.26 Å². The van der Waals surface area contributed by atoms with Gasteiger partial charge >= 0.3 is 6.09 Å². The topological polar surface area (TPSA) is 153 Å². The number of carbonyl (C=O) groups is 2. The molecule has 50 heavy (non-hydrogen) atoms. The molecule has 0 unspecified atom stereocenters. The van der Waals surface area contributed by atoms with E-state index in [4.69, 9.17) is 18.6 Å². The van der Waals surface area contributed by atoms with Crippen LogP contribution in [-0.2, 0) is 4.74 Å². The van der Waals surface area contributed by atoms with Crippen LogP contribution >= 0.6 is 11.9 Å². The van der Waals surface area contributed by atoms with E-state index in [0.717, 1.165) is 38.3 Å². The lowest BCUT2D eigenvalue weighted by Crippen LogP contribution is -2.43. The van der Waals surface area contributed by atoms with Crippen LogP contribution in [0.1, 0.15) is 36.9 Å². The van der Waals surface area contributed by atoms with E-state index in [1.165, 1.54) is 25.4 Å². The number of amides is 1. The highest BCUT2D eigenvalue weighted by atomic mass is 32.2. The Morgan fingerprint density at radius 2 is 1.70 bits per heavy atom. The van der Waals surface area contributed by atoms with Crippen molar-refractivity contribution in [3.05, 3.63) is 69.6 Å². The number of pyridine rings is 1. The first-order chi connectivity index (χ1) is 23.7. The number of furan rings is 1. The van der Waals surface area contributed by atoms with Crippen molar-refractivity contribution in [3.8, 4) is 11.5 Å². The van der Waals surface area contributed by atoms with Crippen molar-refractivity contribution in [1.29, 1.82) is 0 Å². The predicted octanol–water partition coefficient (Wildman–Crippen LogP) is 6.78. The molecule has 2 aromatic heterocycles. The number of nitro groups is 1. The summed E-state index contributed by atoms with van der Waals surface area (Å²) in [6, 6.07) is 7.17. The first kappa shape index (κ1) is 36.1. The van der Waals surface area contributed by atoms with Crippen LogP contribution in [0.4, 0.5) is 42.1 Å². The third kappa shape index (κ3) is 7.23. The van der Waals surface area contributed by atoms with Crippen molar-refractivity contribution in [2.24, 2.45) is 0 Å². The molecule has 2 aromatic carbocycles. The van der Waals surface area contributed by atoms with Gasteiger partial charge in [-0.2, -0.15) is 0 Å². The SMILES string of the molecule is COc1cc(OC)c(F)c(C(=O)c2oc3cnc(Nc4ccc(N5CCN(SC)CC5)cc4[N+](=O)[O-])cc3c2N(C)C(=O)OC(C)(C)C)c1F. The molecule has 1 aliphatic rings. The minimum Gasteiger partial charge on any atom is -0.494 e. The van der Waals surface area contributed by atoms with Gasteiger partial charge < -0.3 is 28.8 Å². The van der Waals surface area contributed by atoms with E-state index in [1.54, 1.807) is 44.9 Å². The van der Waals surface area contributed by atoms with Crippen LogP contribution in [0, 0.1) is 21.7 Å². The minimum atomic E-state index is -1.32. The van der Waals surface area contributed by atoms with Crippen LogP contribution in [0.5, 0.6) is 11.5 Å². The standard InChI is InChI=1S/C33H36F2N6O8S/c1-33(2,3)49-32(43)38(4)29-19-15-25(37-20-9-8-18(14-21(20)41(44)45)39-10-12-40(50-7)13-11-39)36-17-24(19)48-31(29)30(42)26-27(34)22(46-5)16-23(47-6)28(26)35/h8-9,14-17H,10-13H2,1-7H3,(H,36,37). The molecule has 1 aliphatic heterocycles. The number of ketones is 1. The Hall–Kier alpha value is -5.16. The lowest BCUT2D eigenvalue weighted by molar-refractivity contribution is -0.383. The number of aromatic nitrogens is 1. The highest BCUT2D eigenvalue weighted by molar-refractivity contribution is 7.96. The highest BCUT2D eigenvalue weighted by Gasteiger charge is 2.35. The molecule has 266 valence electrons. The molecule has 0 spiro atoms. The second-order valence-corrected chi connectivity index (χ2v) is 13.1. The third-order valence-electron chi connectivity index (χ3n) is 7.86. The number of hydrogen-bond donors (Lipinski definition) is 1. The first-order valence-electron chi connectivity index (χ1n) is 15.3. The number of halogens is 2. The van der Waals surface area contributed by atoms with Gasteiger partial charge in [-0.15, -0.1) is 0 Å². The van der Waals surface area contributed by atoms with Crippen molar-refractivity contribution < 1.29 is 41.9 Å². The fraction of sp³-hybridized carbons (Fsp3) is 0.364. The van der Waals surface area contributed by atoms with Gasteiger partial charge in [0.2, 0.25) is 5.78 Å². The van der Waals surface area contributed by atoms with E-state index >= 15 is 8.78 Å². The third-order valence-corrected chi connectivity index (χ3v) is 8.74. The molecule has 0 aliphatic carbocycles. The fourth-order valence-corrected chi connectivity index (χ4v) is 5.93. The number of ether oxygens (including phenoxy) is 3. The smallest absolute Gasteiger partial charge is 0.414 e. The van der Waals surface area contributed by atoms with Crippen LogP contribution in [-0.4, -0.2) is 85.4 Å². The zero-order valence-electron chi connectivity index (χ0n) is 28.5. The van der Waals surface area contributed by atoms with Gasteiger partial charge in [-0.1, -0.05) is 11.9 Å². The van der Waals surface area contributed by atoms with Crippen LogP contribution in [0.25, 0.3) is 11.0 Å². The van der Waals surface area contributed by atoms with Crippen molar-refractivity contribution in [1.82, 2.24) is 9.29 Å². The molecule has 17 heteroatoms. The number of hydrogen-bond acceptors (Lipinski definition) is 13. The Balaban J connectivity index is 1.60. The molecule has 1 N–H and O–H groups in total. The largest absolute Gasteiger partial charge is 0.494 e. The van der Waals surface area contributed by atoms with E-state index in [9.17, 15) is 19.7 Å². The van der Waals surface area contributed by atoms with Crippen molar-refractivity contribution in [3.63, 3.8) is 0 Å². The molecule has 0 radical (unpaired) electrons. The van der Waals surface area contributed by atoms with Gasteiger partial charge in [0.15, 0.2) is 34.5 Å². The monoisotopic (exact) mass is 714 g/mol. The number of carbonyl (C=O) groups excluding carboxylic acids is 2. The average Bonchev–Trinajstić information content (AvgIpc) is 3.46. The van der Waals surface area contributed by atoms with Crippen LogP contribution < -0.4 is 24.6 Å². The van der Waals surface area contributed by atoms with E-state index in [0.29, 0.717) is 18.8 Å². The second-order valence-electron chi connectivity index (χ2n) is 12.2. The van der Waals surface area contributed by atoms with Gasteiger partial charge in [-0.05, 0) is 45.2 Å². The van der Waals surface area contributed by atoms with Gasteiger partial charge in [0, 0.05) is 51.0 Å². The lowest BCUT2D eigenvalue weighted by atomic mass is 10.0. The van der Waals surface area contributed by atoms with Crippen LogP contribution in [0.3, 0.4) is 0 Å². The van der Waals surface area contributed by atoms with E-state index in [2.05, 4.69) is 19.5 Å². The molecule has 14 nitrogen and oxygen atoms in total. The van der Waals surface area contributed by atoms with Gasteiger partial charge in [-0.3, -0.25) is 19.8 Å². The number of nitrogens with one attached hydrogen (secondary N) is 1. The van der Waals surface area contributed by atoms with E-state index < -0.39 is 56.9 Å². The molecule has 0 bridgehead atoms. The number of nitro benzene ring substituents is 1. The summed E-state index contributed by atoms with van der Waals surface area (Å²) in [7, 11) is 3.57. The predicted molar refractivity (Wildman–Crippen MR) is 185 cm³/mol.